The van der Waals surface area contributed by atoms with Gasteiger partial charge in [-0.05, 0) is 54.8 Å². The second kappa shape index (κ2) is 11.6. The van der Waals surface area contributed by atoms with Crippen molar-refractivity contribution in [3.63, 3.8) is 0 Å². The lowest BCUT2D eigenvalue weighted by molar-refractivity contribution is -0.124. The molecule has 190 valence electrons. The minimum absolute atomic E-state index is 0.0886. The molecule has 10 heteroatoms. The Hall–Kier alpha value is -3.67. The van der Waals surface area contributed by atoms with E-state index in [2.05, 4.69) is 10.3 Å². The first-order valence-electron chi connectivity index (χ1n) is 11.5. The number of H-pyrrole nitrogens is 1. The molecular formula is C27H22Cl2F2N4O2. The summed E-state index contributed by atoms with van der Waals surface area (Å²) >= 11 is 11.8. The van der Waals surface area contributed by atoms with E-state index < -0.39 is 23.6 Å². The number of carbonyl (C=O) groups excluding carboxylic acids is 2. The van der Waals surface area contributed by atoms with Gasteiger partial charge in [0.15, 0.2) is 0 Å². The lowest BCUT2D eigenvalue weighted by atomic mass is 9.98. The highest BCUT2D eigenvalue weighted by Gasteiger charge is 2.24. The fraction of sp³-hybridized carbons (Fsp3) is 0.222. The number of benzene rings is 2. The predicted molar refractivity (Wildman–Crippen MR) is 138 cm³/mol. The number of aromatic amines is 1. The number of nitriles is 1. The lowest BCUT2D eigenvalue weighted by Gasteiger charge is -2.17. The maximum Gasteiger partial charge on any atom is 0.253 e. The van der Waals surface area contributed by atoms with Crippen molar-refractivity contribution in [1.82, 2.24) is 15.2 Å². The number of rotatable bonds is 7. The van der Waals surface area contributed by atoms with Crippen LogP contribution in [0, 0.1) is 23.0 Å². The molecule has 1 aliphatic heterocycles. The molecule has 4 rings (SSSR count). The van der Waals surface area contributed by atoms with Gasteiger partial charge in [0.2, 0.25) is 5.91 Å². The molecule has 1 aliphatic rings. The number of carbonyl (C=O) groups is 2. The van der Waals surface area contributed by atoms with Gasteiger partial charge in [0, 0.05) is 47.2 Å². The minimum Gasteiger partial charge on any atom is -0.360 e. The van der Waals surface area contributed by atoms with E-state index in [0.717, 1.165) is 25.0 Å². The summed E-state index contributed by atoms with van der Waals surface area (Å²) in [6.07, 6.45) is 6.07. The van der Waals surface area contributed by atoms with Crippen LogP contribution in [0.1, 0.15) is 46.9 Å². The largest absolute Gasteiger partial charge is 0.360 e. The zero-order chi connectivity index (χ0) is 26.5. The molecule has 2 aromatic carbocycles. The topological polar surface area (TPSA) is 89.0 Å². The summed E-state index contributed by atoms with van der Waals surface area (Å²) in [6.45, 7) is 1.35. The molecule has 0 spiro atoms. The Morgan fingerprint density at radius 1 is 1.14 bits per heavy atom. The first-order valence-corrected chi connectivity index (χ1v) is 12.3. The molecule has 0 bridgehead atoms. The number of nitrogens with one attached hydrogen (secondary N) is 2. The van der Waals surface area contributed by atoms with Crippen molar-refractivity contribution in [3.05, 3.63) is 87.2 Å². The maximum absolute atomic E-state index is 15.0. The highest BCUT2D eigenvalue weighted by atomic mass is 35.5. The lowest BCUT2D eigenvalue weighted by Crippen LogP contribution is -2.28. The van der Waals surface area contributed by atoms with E-state index in [1.807, 2.05) is 6.07 Å². The van der Waals surface area contributed by atoms with Gasteiger partial charge < -0.3 is 15.2 Å². The average molecular weight is 543 g/mol. The number of hydrogen-bond acceptors (Lipinski definition) is 3. The van der Waals surface area contributed by atoms with Crippen LogP contribution in [0.2, 0.25) is 10.0 Å². The molecule has 1 fully saturated rings. The Morgan fingerprint density at radius 3 is 2.57 bits per heavy atom. The van der Waals surface area contributed by atoms with Crippen LogP contribution in [0.25, 0.3) is 17.2 Å². The highest BCUT2D eigenvalue weighted by molar-refractivity contribution is 6.31. The summed E-state index contributed by atoms with van der Waals surface area (Å²) in [5.41, 5.74) is 1.20. The van der Waals surface area contributed by atoms with Gasteiger partial charge in [0.05, 0.1) is 29.1 Å². The molecule has 2 heterocycles. The van der Waals surface area contributed by atoms with E-state index in [-0.39, 0.29) is 39.1 Å². The first-order chi connectivity index (χ1) is 17.8. The summed E-state index contributed by atoms with van der Waals surface area (Å²) < 4.78 is 28.6. The maximum atomic E-state index is 15.0. The van der Waals surface area contributed by atoms with E-state index in [0.29, 0.717) is 24.3 Å². The molecule has 6 nitrogen and oxygen atoms in total. The third-order valence-corrected chi connectivity index (χ3v) is 6.64. The van der Waals surface area contributed by atoms with Gasteiger partial charge in [-0.1, -0.05) is 29.3 Å². The summed E-state index contributed by atoms with van der Waals surface area (Å²) in [6, 6.07) is 9.19. The van der Waals surface area contributed by atoms with Crippen molar-refractivity contribution >= 4 is 41.1 Å². The van der Waals surface area contributed by atoms with Crippen molar-refractivity contribution in [1.29, 1.82) is 5.26 Å². The van der Waals surface area contributed by atoms with Gasteiger partial charge in [-0.3, -0.25) is 9.59 Å². The van der Waals surface area contributed by atoms with Gasteiger partial charge in [0.25, 0.3) is 5.91 Å². The summed E-state index contributed by atoms with van der Waals surface area (Å²) in [7, 11) is 0. The third kappa shape index (κ3) is 6.01. The number of nitrogens with zero attached hydrogens (tertiary/aromatic N) is 2. The van der Waals surface area contributed by atoms with E-state index in [1.165, 1.54) is 42.6 Å². The molecule has 1 saturated heterocycles. The van der Waals surface area contributed by atoms with E-state index in [1.54, 1.807) is 4.90 Å². The molecular weight excluding hydrogens is 521 g/mol. The molecule has 0 radical (unpaired) electrons. The standard InChI is InChI=1S/C27H22Cl2F2N4O2/c28-17-4-5-18(22(31)14-17)26-19(15-33-24(26)7-8-25(36)35-11-1-2-12-35)27(37)34-23(9-10-32)16-3-6-21(30)20(29)13-16/h3-8,13-15,23,33H,1-2,9,11-12H2,(H,34,37)/b8-7+/t23-/m0/s1. The normalized spacial score (nSPS) is 14.1. The zero-order valence-electron chi connectivity index (χ0n) is 19.5. The van der Waals surface area contributed by atoms with Gasteiger partial charge >= 0.3 is 0 Å². The number of hydrogen-bond donors (Lipinski definition) is 2. The van der Waals surface area contributed by atoms with Gasteiger partial charge in [-0.25, -0.2) is 8.78 Å². The Labute approximate surface area is 222 Å². The second-order valence-corrected chi connectivity index (χ2v) is 9.39. The number of amides is 2. The molecule has 0 saturated carbocycles. The van der Waals surface area contributed by atoms with Crippen molar-refractivity contribution in [3.8, 4) is 17.2 Å². The smallest absolute Gasteiger partial charge is 0.253 e. The van der Waals surface area contributed by atoms with E-state index in [9.17, 15) is 23.6 Å². The number of aromatic nitrogens is 1. The molecule has 2 N–H and O–H groups in total. The molecule has 1 atom stereocenters. The van der Waals surface area contributed by atoms with Crippen molar-refractivity contribution in [2.24, 2.45) is 0 Å². The molecule has 0 aliphatic carbocycles. The van der Waals surface area contributed by atoms with Gasteiger partial charge in [0.1, 0.15) is 11.6 Å². The predicted octanol–water partition coefficient (Wildman–Crippen LogP) is 6.29. The van der Waals surface area contributed by atoms with Crippen LogP contribution in [0.3, 0.4) is 0 Å². The number of likely N-dealkylation sites (tertiary alicyclic amines) is 1. The van der Waals surface area contributed by atoms with Gasteiger partial charge in [-0.15, -0.1) is 0 Å². The Bertz CT molecular complexity index is 1410. The fourth-order valence-electron chi connectivity index (χ4n) is 4.24. The SMILES string of the molecule is N#CC[C@H](NC(=O)c1c[nH]c(/C=C/C(=O)N2CCCC2)c1-c1ccc(Cl)cc1F)c1ccc(F)c(Cl)c1. The van der Waals surface area contributed by atoms with Crippen molar-refractivity contribution < 1.29 is 18.4 Å². The van der Waals surface area contributed by atoms with Crippen molar-refractivity contribution in [2.45, 2.75) is 25.3 Å². The monoisotopic (exact) mass is 542 g/mol. The van der Waals surface area contributed by atoms with Crippen LogP contribution in [0.4, 0.5) is 8.78 Å². The zero-order valence-corrected chi connectivity index (χ0v) is 21.0. The van der Waals surface area contributed by atoms with Crippen LogP contribution in [-0.2, 0) is 4.79 Å². The molecule has 0 unspecified atom stereocenters. The second-order valence-electron chi connectivity index (χ2n) is 8.54. The van der Waals surface area contributed by atoms with Crippen LogP contribution < -0.4 is 5.32 Å². The molecule has 37 heavy (non-hydrogen) atoms. The third-order valence-electron chi connectivity index (χ3n) is 6.11. The van der Waals surface area contributed by atoms with E-state index >= 15 is 0 Å². The molecule has 2 amide bonds. The summed E-state index contributed by atoms with van der Waals surface area (Å²) in [5.74, 6) is -2.06. The van der Waals surface area contributed by atoms with Crippen LogP contribution in [0.5, 0.6) is 0 Å². The number of halogens is 4. The first kappa shape index (κ1) is 26.4. The fourth-order valence-corrected chi connectivity index (χ4v) is 4.59. The van der Waals surface area contributed by atoms with Gasteiger partial charge in [-0.2, -0.15) is 5.26 Å². The molecule has 3 aromatic rings. The Morgan fingerprint density at radius 2 is 1.89 bits per heavy atom. The summed E-state index contributed by atoms with van der Waals surface area (Å²) in [5, 5.41) is 12.1. The minimum atomic E-state index is -0.802. The van der Waals surface area contributed by atoms with E-state index in [4.69, 9.17) is 23.2 Å². The average Bonchev–Trinajstić information content (AvgIpc) is 3.55. The van der Waals surface area contributed by atoms with Crippen LogP contribution >= 0.6 is 23.2 Å². The highest BCUT2D eigenvalue weighted by Crippen LogP contribution is 2.33. The quantitative estimate of drug-likeness (QED) is 0.344. The summed E-state index contributed by atoms with van der Waals surface area (Å²) in [4.78, 5) is 30.6. The Kier molecular flexibility index (Phi) is 8.27. The van der Waals surface area contributed by atoms with Crippen LogP contribution in [0.15, 0.2) is 48.7 Å². The Balaban J connectivity index is 1.70. The van der Waals surface area contributed by atoms with Crippen molar-refractivity contribution in [2.75, 3.05) is 13.1 Å². The van der Waals surface area contributed by atoms with Crippen LogP contribution in [-0.4, -0.2) is 34.8 Å². The molecule has 1 aromatic heterocycles.